The number of hydrogen-bond donors (Lipinski definition) is 12. The summed E-state index contributed by atoms with van der Waals surface area (Å²) in [7, 11) is 0. The van der Waals surface area contributed by atoms with Gasteiger partial charge in [0.05, 0.1) is 37.5 Å². The van der Waals surface area contributed by atoms with E-state index in [-0.39, 0.29) is 25.2 Å². The first-order valence-electron chi connectivity index (χ1n) is 19.6. The predicted molar refractivity (Wildman–Crippen MR) is 215 cm³/mol. The Morgan fingerprint density at radius 3 is 1.62 bits per heavy atom. The predicted octanol–water partition coefficient (Wildman–Crippen LogP) is -2.52. The first-order valence-corrected chi connectivity index (χ1v) is 19.6. The molecule has 9 atom stereocenters. The molecule has 0 aliphatic heterocycles. The van der Waals surface area contributed by atoms with Crippen molar-refractivity contribution in [2.24, 2.45) is 29.2 Å². The summed E-state index contributed by atoms with van der Waals surface area (Å²) >= 11 is 0. The number of carboxylic acids is 3. The van der Waals surface area contributed by atoms with Crippen LogP contribution in [0.2, 0.25) is 0 Å². The highest BCUT2D eigenvalue weighted by Gasteiger charge is 2.35. The van der Waals surface area contributed by atoms with Gasteiger partial charge in [-0.05, 0) is 37.2 Å². The Morgan fingerprint density at radius 2 is 1.11 bits per heavy atom. The Kier molecular flexibility index (Phi) is 22.1. The van der Waals surface area contributed by atoms with Crippen LogP contribution in [0.3, 0.4) is 0 Å². The molecule has 340 valence electrons. The fourth-order valence-electron chi connectivity index (χ4n) is 5.91. The van der Waals surface area contributed by atoms with Crippen LogP contribution in [0.15, 0.2) is 30.3 Å². The molecule has 0 aromatic heterocycles. The number of amides is 7. The summed E-state index contributed by atoms with van der Waals surface area (Å²) in [6.45, 7) is 9.32. The van der Waals surface area contributed by atoms with E-state index in [1.165, 1.54) is 13.8 Å². The van der Waals surface area contributed by atoms with E-state index in [1.54, 1.807) is 58.0 Å². The summed E-state index contributed by atoms with van der Waals surface area (Å²) in [5, 5.41) is 53.5. The van der Waals surface area contributed by atoms with Gasteiger partial charge in [0.1, 0.15) is 30.2 Å². The minimum absolute atomic E-state index is 0.132. The molecule has 0 heterocycles. The van der Waals surface area contributed by atoms with Crippen LogP contribution in [0, 0.1) is 17.8 Å². The number of carbonyl (C=O) groups is 10. The van der Waals surface area contributed by atoms with E-state index in [9.17, 15) is 63.3 Å². The van der Waals surface area contributed by atoms with Gasteiger partial charge in [-0.1, -0.05) is 65.0 Å². The molecule has 0 bridgehead atoms. The molecular formula is C39H60N8O14. The Labute approximate surface area is 352 Å². The maximum absolute atomic E-state index is 13.5. The van der Waals surface area contributed by atoms with Gasteiger partial charge in [0.15, 0.2) is 0 Å². The number of aliphatic hydroxyl groups excluding tert-OH is 1. The fraction of sp³-hybridized carbons (Fsp3) is 0.590. The highest BCUT2D eigenvalue weighted by molar-refractivity contribution is 5.96. The average molecular weight is 865 g/mol. The van der Waals surface area contributed by atoms with Crippen LogP contribution in [0.4, 0.5) is 0 Å². The molecule has 0 fully saturated rings. The second-order valence-electron chi connectivity index (χ2n) is 15.6. The summed E-state index contributed by atoms with van der Waals surface area (Å²) < 4.78 is 0. The second-order valence-corrected chi connectivity index (χ2v) is 15.6. The van der Waals surface area contributed by atoms with Crippen molar-refractivity contribution in [3.05, 3.63) is 35.9 Å². The number of nitrogens with two attached hydrogens (primary N) is 2. The monoisotopic (exact) mass is 864 g/mol. The van der Waals surface area contributed by atoms with Crippen LogP contribution in [0.1, 0.15) is 79.2 Å². The molecule has 7 amide bonds. The van der Waals surface area contributed by atoms with Gasteiger partial charge in [-0.3, -0.25) is 43.2 Å². The van der Waals surface area contributed by atoms with Crippen LogP contribution in [0.5, 0.6) is 0 Å². The number of carboxylic acid groups (broad SMARTS) is 3. The zero-order valence-electron chi connectivity index (χ0n) is 35.0. The first kappa shape index (κ1) is 52.9. The molecule has 22 nitrogen and oxygen atoms in total. The van der Waals surface area contributed by atoms with Crippen molar-refractivity contribution in [1.82, 2.24) is 31.9 Å². The number of aliphatic carboxylic acids is 3. The van der Waals surface area contributed by atoms with Crippen molar-refractivity contribution < 1.29 is 68.4 Å². The molecule has 0 unspecified atom stereocenters. The van der Waals surface area contributed by atoms with Gasteiger partial charge in [0.25, 0.3) is 0 Å². The topological polar surface area (TPSA) is 376 Å². The molecule has 0 aliphatic rings. The molecular weight excluding hydrogens is 804 g/mol. The maximum Gasteiger partial charge on any atom is 0.326 e. The SMILES string of the molecule is CC(C)C[C@H](NC(=O)[C@H](CC(N)=O)NC(=O)[C@@H](NC(=O)[C@@H](N)CC(=O)O)C(C)C)[C@@H](O)C[C@@H](C)C(=O)N[C@@H](C)C(=O)N[C@@H](CC(=O)O)C(=O)N[C@@H](Cc1ccccc1)C(=O)O. The zero-order chi connectivity index (χ0) is 46.7. The Bertz CT molecular complexity index is 1730. The largest absolute Gasteiger partial charge is 0.481 e. The molecule has 61 heavy (non-hydrogen) atoms. The Morgan fingerprint density at radius 1 is 0.590 bits per heavy atom. The fourth-order valence-corrected chi connectivity index (χ4v) is 5.91. The van der Waals surface area contributed by atoms with Crippen molar-refractivity contribution >= 4 is 59.3 Å². The summed E-state index contributed by atoms with van der Waals surface area (Å²) in [6, 6.07) is -1.67. The molecule has 0 radical (unpaired) electrons. The lowest BCUT2D eigenvalue weighted by atomic mass is 9.92. The number of rotatable bonds is 27. The molecule has 14 N–H and O–H groups in total. The van der Waals surface area contributed by atoms with Crippen LogP contribution >= 0.6 is 0 Å². The van der Waals surface area contributed by atoms with Gasteiger partial charge in [0, 0.05) is 12.3 Å². The quantitative estimate of drug-likeness (QED) is 0.0434. The van der Waals surface area contributed by atoms with Crippen LogP contribution in [0.25, 0.3) is 0 Å². The van der Waals surface area contributed by atoms with Crippen molar-refractivity contribution in [3.63, 3.8) is 0 Å². The number of nitrogens with one attached hydrogen (secondary N) is 6. The lowest BCUT2D eigenvalue weighted by Gasteiger charge is -2.30. The summed E-state index contributed by atoms with van der Waals surface area (Å²) in [6.07, 6.45) is -4.02. The summed E-state index contributed by atoms with van der Waals surface area (Å²) in [4.78, 5) is 125. The van der Waals surface area contributed by atoms with E-state index >= 15 is 0 Å². The van der Waals surface area contributed by atoms with Crippen LogP contribution < -0.4 is 43.4 Å². The molecule has 1 rings (SSSR count). The molecule has 0 saturated heterocycles. The number of carbonyl (C=O) groups excluding carboxylic acids is 7. The van der Waals surface area contributed by atoms with E-state index in [4.69, 9.17) is 16.6 Å². The maximum atomic E-state index is 13.5. The normalized spacial score (nSPS) is 15.6. The van der Waals surface area contributed by atoms with Crippen molar-refractivity contribution in [2.45, 2.75) is 128 Å². The van der Waals surface area contributed by atoms with E-state index in [2.05, 4.69) is 31.9 Å². The molecule has 1 aromatic carbocycles. The Hall–Kier alpha value is -6.16. The van der Waals surface area contributed by atoms with Gasteiger partial charge >= 0.3 is 17.9 Å². The standard InChI is InChI=1S/C39H60N8O14/c1-18(2)12-24(43-36(57)25(16-29(41)49)45-38(59)32(19(3)4)47-35(56)23(40)15-30(50)51)28(48)13-20(5)33(54)42-21(6)34(55)44-26(17-31(52)53)37(58)46-27(39(60)61)14-22-10-8-7-9-11-22/h7-11,18-21,23-28,32,48H,12-17,40H2,1-6H3,(H2,41,49)(H,42,54)(H,43,57)(H,44,55)(H,45,59)(H,46,58)(H,47,56)(H,50,51)(H,52,53)(H,60,61)/t20-,21+,23+,24+,25+,26+,27+,28+,32+/m1/s1. The number of benzene rings is 1. The highest BCUT2D eigenvalue weighted by Crippen LogP contribution is 2.17. The minimum atomic E-state index is -1.72. The van der Waals surface area contributed by atoms with E-state index < -0.39 is 139 Å². The molecule has 1 aromatic rings. The van der Waals surface area contributed by atoms with Crippen LogP contribution in [-0.4, -0.2) is 128 Å². The number of primary amides is 1. The average Bonchev–Trinajstić information content (AvgIpc) is 3.14. The van der Waals surface area contributed by atoms with Gasteiger partial charge in [-0.15, -0.1) is 0 Å². The van der Waals surface area contributed by atoms with Gasteiger partial charge in [-0.2, -0.15) is 0 Å². The van der Waals surface area contributed by atoms with Crippen molar-refractivity contribution in [1.29, 1.82) is 0 Å². The smallest absolute Gasteiger partial charge is 0.326 e. The lowest BCUT2D eigenvalue weighted by molar-refractivity contribution is -0.143. The lowest BCUT2D eigenvalue weighted by Crippen LogP contribution is -2.59. The van der Waals surface area contributed by atoms with Crippen LogP contribution in [-0.2, 0) is 54.4 Å². The van der Waals surface area contributed by atoms with Gasteiger partial charge in [-0.25, -0.2) is 4.79 Å². The number of aliphatic hydroxyl groups is 1. The van der Waals surface area contributed by atoms with Crippen molar-refractivity contribution in [3.8, 4) is 0 Å². The highest BCUT2D eigenvalue weighted by atomic mass is 16.4. The third-order valence-electron chi connectivity index (χ3n) is 9.24. The van der Waals surface area contributed by atoms with Gasteiger partial charge in [0.2, 0.25) is 41.4 Å². The van der Waals surface area contributed by atoms with E-state index in [1.807, 2.05) is 0 Å². The van der Waals surface area contributed by atoms with E-state index in [0.29, 0.717) is 5.56 Å². The van der Waals surface area contributed by atoms with E-state index in [0.717, 1.165) is 0 Å². The zero-order valence-corrected chi connectivity index (χ0v) is 35.0. The summed E-state index contributed by atoms with van der Waals surface area (Å²) in [5.41, 5.74) is 11.5. The molecule has 0 saturated carbocycles. The van der Waals surface area contributed by atoms with Crippen molar-refractivity contribution in [2.75, 3.05) is 0 Å². The Balaban J connectivity index is 3.05. The summed E-state index contributed by atoms with van der Waals surface area (Å²) in [5.74, 6) is -12.6. The third-order valence-corrected chi connectivity index (χ3v) is 9.24. The third kappa shape index (κ3) is 19.6. The second kappa shape index (κ2) is 25.5. The molecule has 0 spiro atoms. The first-order chi connectivity index (χ1) is 28.3. The molecule has 0 aliphatic carbocycles. The minimum Gasteiger partial charge on any atom is -0.481 e. The van der Waals surface area contributed by atoms with Gasteiger partial charge < -0.3 is 63.8 Å². The number of hydrogen-bond acceptors (Lipinski definition) is 12. The molecule has 22 heteroatoms.